The molecule has 0 saturated heterocycles. The van der Waals surface area contributed by atoms with Crippen LogP contribution in [0.2, 0.25) is 0 Å². The minimum atomic E-state index is -1.27. The normalized spacial score (nSPS) is 12.3. The van der Waals surface area contributed by atoms with Gasteiger partial charge in [-0.25, -0.2) is 4.79 Å². The first-order valence-electron chi connectivity index (χ1n) is 5.57. The van der Waals surface area contributed by atoms with E-state index in [4.69, 9.17) is 9.15 Å². The first-order chi connectivity index (χ1) is 9.36. The van der Waals surface area contributed by atoms with Crippen LogP contribution in [0.5, 0.6) is 11.5 Å². The number of ether oxygens (including phenoxy) is 1. The quantitative estimate of drug-likeness (QED) is 0.496. The number of phenolic OH excluding ortho intramolecular Hbond substituents is 1. The molecule has 0 bridgehead atoms. The van der Waals surface area contributed by atoms with Gasteiger partial charge in [0.1, 0.15) is 5.58 Å². The maximum atomic E-state index is 11.6. The van der Waals surface area contributed by atoms with Gasteiger partial charge in [-0.15, -0.1) is 0 Å². The van der Waals surface area contributed by atoms with Crippen LogP contribution in [0.3, 0.4) is 0 Å². The van der Waals surface area contributed by atoms with Gasteiger partial charge in [-0.1, -0.05) is 0 Å². The molecule has 8 heteroatoms. The fraction of sp³-hybridized carbons (Fsp3) is 0.250. The van der Waals surface area contributed by atoms with Crippen LogP contribution in [0.4, 0.5) is 5.69 Å². The third-order valence-electron chi connectivity index (χ3n) is 2.82. The van der Waals surface area contributed by atoms with Crippen LogP contribution >= 0.6 is 0 Å². The molecule has 1 aromatic carbocycles. The summed E-state index contributed by atoms with van der Waals surface area (Å²) in [5.41, 5.74) is -2.28. The monoisotopic (exact) mass is 281 g/mol. The Morgan fingerprint density at radius 1 is 1.45 bits per heavy atom. The van der Waals surface area contributed by atoms with Crippen molar-refractivity contribution in [1.29, 1.82) is 0 Å². The smallest absolute Gasteiger partial charge is 0.415 e. The Balaban J connectivity index is 3.00. The van der Waals surface area contributed by atoms with Gasteiger partial charge in [-0.05, 0) is 13.0 Å². The van der Waals surface area contributed by atoms with E-state index in [2.05, 4.69) is 0 Å². The van der Waals surface area contributed by atoms with Crippen LogP contribution in [0.1, 0.15) is 18.6 Å². The van der Waals surface area contributed by atoms with E-state index in [0.717, 1.165) is 6.07 Å². The number of benzene rings is 1. The van der Waals surface area contributed by atoms with Crippen molar-refractivity contribution in [2.75, 3.05) is 7.11 Å². The molecule has 2 aromatic rings. The lowest BCUT2D eigenvalue weighted by Gasteiger charge is -2.10. The van der Waals surface area contributed by atoms with E-state index < -0.39 is 22.3 Å². The number of rotatable bonds is 3. The summed E-state index contributed by atoms with van der Waals surface area (Å²) < 4.78 is 9.70. The van der Waals surface area contributed by atoms with Crippen LogP contribution in [0, 0.1) is 10.1 Å². The lowest BCUT2D eigenvalue weighted by molar-refractivity contribution is -0.388. The molecule has 1 unspecified atom stereocenters. The fourth-order valence-electron chi connectivity index (χ4n) is 1.99. The number of hydrogen-bond acceptors (Lipinski definition) is 7. The summed E-state index contributed by atoms with van der Waals surface area (Å²) in [7, 11) is 1.30. The number of aliphatic hydroxyl groups excluding tert-OH is 1. The predicted octanol–water partition coefficient (Wildman–Crippen LogP) is 1.47. The molecule has 0 saturated carbocycles. The molecule has 0 radical (unpaired) electrons. The van der Waals surface area contributed by atoms with E-state index in [1.807, 2.05) is 0 Å². The van der Waals surface area contributed by atoms with E-state index in [0.29, 0.717) is 0 Å². The van der Waals surface area contributed by atoms with Gasteiger partial charge >= 0.3 is 11.3 Å². The second-order valence-corrected chi connectivity index (χ2v) is 4.11. The van der Waals surface area contributed by atoms with Crippen molar-refractivity contribution >= 4 is 16.7 Å². The molecule has 2 N–H and O–H groups in total. The average molecular weight is 281 g/mol. The molecule has 2 rings (SSSR count). The number of aliphatic hydroxyl groups is 1. The molecule has 0 fully saturated rings. The van der Waals surface area contributed by atoms with Gasteiger partial charge in [0.2, 0.25) is 0 Å². The van der Waals surface area contributed by atoms with Gasteiger partial charge in [-0.3, -0.25) is 10.1 Å². The first-order valence-corrected chi connectivity index (χ1v) is 5.57. The summed E-state index contributed by atoms with van der Waals surface area (Å²) in [5.74, 6) is -0.240. The highest BCUT2D eigenvalue weighted by Gasteiger charge is 2.28. The zero-order valence-electron chi connectivity index (χ0n) is 10.6. The molecule has 8 nitrogen and oxygen atoms in total. The Labute approximate surface area is 112 Å². The summed E-state index contributed by atoms with van der Waals surface area (Å²) in [6.45, 7) is 1.29. The topological polar surface area (TPSA) is 123 Å². The zero-order valence-corrected chi connectivity index (χ0v) is 10.6. The molecule has 0 spiro atoms. The minimum absolute atomic E-state index is 0.0440. The van der Waals surface area contributed by atoms with Gasteiger partial charge in [0.05, 0.1) is 23.7 Å². The maximum absolute atomic E-state index is 11.6. The van der Waals surface area contributed by atoms with Crippen molar-refractivity contribution in [3.05, 3.63) is 38.2 Å². The maximum Gasteiger partial charge on any atom is 0.415 e. The number of nitro groups is 1. The first kappa shape index (κ1) is 13.8. The summed E-state index contributed by atoms with van der Waals surface area (Å²) >= 11 is 0. The van der Waals surface area contributed by atoms with Crippen LogP contribution < -0.4 is 10.4 Å². The average Bonchev–Trinajstić information content (AvgIpc) is 2.35. The molecule has 0 amide bonds. The van der Waals surface area contributed by atoms with Gasteiger partial charge in [0.25, 0.3) is 0 Å². The molecule has 1 aromatic heterocycles. The lowest BCUT2D eigenvalue weighted by Crippen LogP contribution is -2.12. The highest BCUT2D eigenvalue weighted by atomic mass is 16.6. The summed E-state index contributed by atoms with van der Waals surface area (Å²) in [6, 6.07) is 2.37. The standard InChI is InChI=1S/C12H11NO7/c1-5(14)10-6-3-9(19-2)7(15)4-8(6)20-12(16)11(10)13(17)18/h3-5,14-15H,1-2H3. The minimum Gasteiger partial charge on any atom is -0.504 e. The Morgan fingerprint density at radius 3 is 2.60 bits per heavy atom. The Bertz CT molecular complexity index is 748. The highest BCUT2D eigenvalue weighted by Crippen LogP contribution is 2.36. The molecular weight excluding hydrogens is 270 g/mol. The molecule has 1 heterocycles. The fourth-order valence-corrected chi connectivity index (χ4v) is 1.99. The lowest BCUT2D eigenvalue weighted by atomic mass is 10.0. The predicted molar refractivity (Wildman–Crippen MR) is 68.0 cm³/mol. The van der Waals surface area contributed by atoms with Gasteiger partial charge < -0.3 is 19.4 Å². The third-order valence-corrected chi connectivity index (χ3v) is 2.82. The van der Waals surface area contributed by atoms with E-state index >= 15 is 0 Å². The van der Waals surface area contributed by atoms with Crippen molar-refractivity contribution in [1.82, 2.24) is 0 Å². The Hall–Kier alpha value is -2.61. The molecule has 20 heavy (non-hydrogen) atoms. The Morgan fingerprint density at radius 2 is 2.10 bits per heavy atom. The third kappa shape index (κ3) is 2.05. The number of fused-ring (bicyclic) bond motifs is 1. The van der Waals surface area contributed by atoms with Gasteiger partial charge in [0, 0.05) is 11.5 Å². The number of nitrogens with zero attached hydrogens (tertiary/aromatic N) is 1. The Kier molecular flexibility index (Phi) is 3.33. The van der Waals surface area contributed by atoms with E-state index in [-0.39, 0.29) is 28.0 Å². The second-order valence-electron chi connectivity index (χ2n) is 4.11. The summed E-state index contributed by atoms with van der Waals surface area (Å²) in [6.07, 6.45) is -1.27. The molecule has 0 aliphatic carbocycles. The SMILES string of the molecule is COc1cc2c(C(C)O)c([N+](=O)[O-])c(=O)oc2cc1O. The van der Waals surface area contributed by atoms with Crippen LogP contribution in [0.15, 0.2) is 21.3 Å². The highest BCUT2D eigenvalue weighted by molar-refractivity contribution is 5.86. The van der Waals surface area contributed by atoms with E-state index in [9.17, 15) is 25.1 Å². The van der Waals surface area contributed by atoms with Gasteiger partial charge in [0.15, 0.2) is 11.5 Å². The summed E-state index contributed by atoms with van der Waals surface area (Å²) in [5, 5.41) is 30.4. The van der Waals surface area contributed by atoms with Gasteiger partial charge in [-0.2, -0.15) is 0 Å². The van der Waals surface area contributed by atoms with Crippen molar-refractivity contribution in [3.63, 3.8) is 0 Å². The number of aromatic hydroxyl groups is 1. The van der Waals surface area contributed by atoms with Crippen LogP contribution in [-0.2, 0) is 0 Å². The number of hydrogen-bond donors (Lipinski definition) is 2. The van der Waals surface area contributed by atoms with Crippen LogP contribution in [0.25, 0.3) is 11.0 Å². The van der Waals surface area contributed by atoms with Crippen molar-refractivity contribution in [3.8, 4) is 11.5 Å². The zero-order chi connectivity index (χ0) is 15.0. The number of phenols is 1. The molecule has 0 aliphatic heterocycles. The second kappa shape index (κ2) is 4.82. The molecule has 1 atom stereocenters. The van der Waals surface area contributed by atoms with E-state index in [1.165, 1.54) is 20.1 Å². The molecule has 106 valence electrons. The molecular formula is C12H11NO7. The van der Waals surface area contributed by atoms with Crippen molar-refractivity contribution < 1.29 is 24.3 Å². The number of methoxy groups -OCH3 is 1. The summed E-state index contributed by atoms with van der Waals surface area (Å²) in [4.78, 5) is 21.7. The van der Waals surface area contributed by atoms with Crippen LogP contribution in [-0.4, -0.2) is 22.2 Å². The molecule has 0 aliphatic rings. The van der Waals surface area contributed by atoms with E-state index in [1.54, 1.807) is 0 Å². The van der Waals surface area contributed by atoms with Crippen molar-refractivity contribution in [2.45, 2.75) is 13.0 Å². The van der Waals surface area contributed by atoms with Crippen molar-refractivity contribution in [2.24, 2.45) is 0 Å². The largest absolute Gasteiger partial charge is 0.504 e.